The first kappa shape index (κ1) is 19.3. The zero-order chi connectivity index (χ0) is 19.4. The Bertz CT molecular complexity index is 726. The van der Waals surface area contributed by atoms with E-state index in [1.54, 1.807) is 32.3 Å². The van der Waals surface area contributed by atoms with Gasteiger partial charge < -0.3 is 28.6 Å². The summed E-state index contributed by atoms with van der Waals surface area (Å²) in [6.07, 6.45) is 1.16. The molecule has 0 radical (unpaired) electrons. The van der Waals surface area contributed by atoms with Gasteiger partial charge in [0, 0.05) is 13.1 Å². The highest BCUT2D eigenvalue weighted by Gasteiger charge is 2.35. The Morgan fingerprint density at radius 1 is 1.15 bits per heavy atom. The summed E-state index contributed by atoms with van der Waals surface area (Å²) in [7, 11) is 4.66. The van der Waals surface area contributed by atoms with Gasteiger partial charge in [0.15, 0.2) is 11.5 Å². The Hall–Kier alpha value is -2.51. The maximum absolute atomic E-state index is 13.2. The van der Waals surface area contributed by atoms with Crippen LogP contribution >= 0.6 is 0 Å². The monoisotopic (exact) mass is 375 g/mol. The van der Waals surface area contributed by atoms with Crippen molar-refractivity contribution in [3.63, 3.8) is 0 Å². The molecule has 0 spiro atoms. The van der Waals surface area contributed by atoms with Crippen LogP contribution in [0.15, 0.2) is 35.9 Å². The molecule has 1 aromatic rings. The number of hydrogen-bond donors (Lipinski definition) is 0. The van der Waals surface area contributed by atoms with E-state index in [1.165, 1.54) is 0 Å². The van der Waals surface area contributed by atoms with Crippen molar-refractivity contribution in [2.24, 2.45) is 0 Å². The summed E-state index contributed by atoms with van der Waals surface area (Å²) in [5.74, 6) is 1.47. The van der Waals surface area contributed by atoms with Gasteiger partial charge in [-0.3, -0.25) is 4.79 Å². The molecule has 2 aliphatic heterocycles. The number of nitrogens with zero attached hydrogens (tertiary/aromatic N) is 1. The second-order valence-corrected chi connectivity index (χ2v) is 6.20. The van der Waals surface area contributed by atoms with Gasteiger partial charge in [0.1, 0.15) is 6.10 Å². The first-order valence-corrected chi connectivity index (χ1v) is 8.78. The Morgan fingerprint density at radius 2 is 1.78 bits per heavy atom. The van der Waals surface area contributed by atoms with Crippen molar-refractivity contribution in [3.05, 3.63) is 41.5 Å². The van der Waals surface area contributed by atoms with Gasteiger partial charge >= 0.3 is 0 Å². The van der Waals surface area contributed by atoms with E-state index in [0.29, 0.717) is 55.7 Å². The highest BCUT2D eigenvalue weighted by Crippen LogP contribution is 2.44. The largest absolute Gasteiger partial charge is 0.493 e. The molecule has 2 aliphatic rings. The predicted octanol–water partition coefficient (Wildman–Crippen LogP) is 2.13. The number of benzene rings is 1. The van der Waals surface area contributed by atoms with Crippen molar-refractivity contribution in [1.29, 1.82) is 0 Å². The minimum atomic E-state index is -0.526. The maximum Gasteiger partial charge on any atom is 0.253 e. The predicted molar refractivity (Wildman–Crippen MR) is 99.4 cm³/mol. The Kier molecular flexibility index (Phi) is 6.03. The molecule has 0 N–H and O–H groups in total. The van der Waals surface area contributed by atoms with Gasteiger partial charge in [0.05, 0.1) is 46.7 Å². The average Bonchev–Trinajstić information content (AvgIpc) is 3.16. The fourth-order valence-corrected chi connectivity index (χ4v) is 3.37. The summed E-state index contributed by atoms with van der Waals surface area (Å²) < 4.78 is 27.6. The Morgan fingerprint density at radius 3 is 2.30 bits per heavy atom. The number of carbonyl (C=O) groups is 1. The van der Waals surface area contributed by atoms with Gasteiger partial charge in [0.25, 0.3) is 5.91 Å². The van der Waals surface area contributed by atoms with Crippen molar-refractivity contribution >= 4 is 5.91 Å². The van der Waals surface area contributed by atoms with Crippen LogP contribution in [0, 0.1) is 0 Å². The molecule has 0 aliphatic carbocycles. The molecule has 7 heteroatoms. The highest BCUT2D eigenvalue weighted by molar-refractivity contribution is 5.96. The van der Waals surface area contributed by atoms with Crippen LogP contribution in [0.5, 0.6) is 17.2 Å². The van der Waals surface area contributed by atoms with Crippen molar-refractivity contribution in [2.45, 2.75) is 6.10 Å². The third kappa shape index (κ3) is 3.65. The average molecular weight is 375 g/mol. The standard InChI is InChI=1S/C20H25NO6/c1-5-13-12-27-18(17(13)20(22)21-6-8-26-9-7-21)14-10-15(23-2)19(25-4)16(11-14)24-3/h5,10-11,18H,1,6-9,12H2,2-4H3. The molecule has 1 fully saturated rings. The zero-order valence-corrected chi connectivity index (χ0v) is 15.9. The van der Waals surface area contributed by atoms with E-state index < -0.39 is 6.10 Å². The summed E-state index contributed by atoms with van der Waals surface area (Å²) >= 11 is 0. The van der Waals surface area contributed by atoms with Crippen LogP contribution in [0.25, 0.3) is 0 Å². The maximum atomic E-state index is 13.2. The normalized spacial score (nSPS) is 19.8. The first-order chi connectivity index (χ1) is 13.1. The van der Waals surface area contributed by atoms with Crippen molar-refractivity contribution in [1.82, 2.24) is 4.90 Å². The van der Waals surface area contributed by atoms with E-state index in [0.717, 1.165) is 11.1 Å². The molecule has 0 bridgehead atoms. The van der Waals surface area contributed by atoms with Crippen LogP contribution in [-0.2, 0) is 14.3 Å². The number of rotatable bonds is 6. The fraction of sp³-hybridized carbons (Fsp3) is 0.450. The molecule has 1 saturated heterocycles. The third-order valence-corrected chi connectivity index (χ3v) is 4.78. The van der Waals surface area contributed by atoms with Gasteiger partial charge in [-0.1, -0.05) is 12.7 Å². The molecule has 3 rings (SSSR count). The fourth-order valence-electron chi connectivity index (χ4n) is 3.37. The molecule has 1 unspecified atom stereocenters. The van der Waals surface area contributed by atoms with Gasteiger partial charge in [-0.2, -0.15) is 0 Å². The van der Waals surface area contributed by atoms with Crippen LogP contribution in [0.4, 0.5) is 0 Å². The van der Waals surface area contributed by atoms with Crippen LogP contribution in [-0.4, -0.2) is 65.0 Å². The quantitative estimate of drug-likeness (QED) is 0.759. The molecule has 7 nitrogen and oxygen atoms in total. The third-order valence-electron chi connectivity index (χ3n) is 4.78. The smallest absolute Gasteiger partial charge is 0.253 e. The van der Waals surface area contributed by atoms with E-state index in [9.17, 15) is 4.79 Å². The number of ether oxygens (including phenoxy) is 5. The lowest BCUT2D eigenvalue weighted by atomic mass is 9.97. The topological polar surface area (TPSA) is 66.5 Å². The minimum absolute atomic E-state index is 0.0514. The lowest BCUT2D eigenvalue weighted by molar-refractivity contribution is -0.132. The number of carbonyl (C=O) groups excluding carboxylic acids is 1. The second kappa shape index (κ2) is 8.45. The molecule has 1 atom stereocenters. The van der Waals surface area contributed by atoms with Gasteiger partial charge in [-0.15, -0.1) is 0 Å². The minimum Gasteiger partial charge on any atom is -0.493 e. The van der Waals surface area contributed by atoms with Crippen LogP contribution in [0.2, 0.25) is 0 Å². The summed E-state index contributed by atoms with van der Waals surface area (Å²) in [6.45, 7) is 6.38. The van der Waals surface area contributed by atoms with E-state index >= 15 is 0 Å². The number of methoxy groups -OCH3 is 3. The van der Waals surface area contributed by atoms with E-state index in [1.807, 2.05) is 12.1 Å². The Labute approximate surface area is 159 Å². The molecule has 1 aromatic carbocycles. The second-order valence-electron chi connectivity index (χ2n) is 6.20. The molecule has 146 valence electrons. The zero-order valence-electron chi connectivity index (χ0n) is 15.9. The van der Waals surface area contributed by atoms with Gasteiger partial charge in [-0.05, 0) is 23.3 Å². The van der Waals surface area contributed by atoms with Crippen molar-refractivity contribution in [2.75, 3.05) is 54.2 Å². The lowest BCUT2D eigenvalue weighted by Gasteiger charge is -2.29. The molecular weight excluding hydrogens is 350 g/mol. The van der Waals surface area contributed by atoms with Crippen LogP contribution in [0.3, 0.4) is 0 Å². The number of morpholine rings is 1. The molecule has 0 aromatic heterocycles. The summed E-state index contributed by atoms with van der Waals surface area (Å²) in [4.78, 5) is 15.0. The van der Waals surface area contributed by atoms with Crippen molar-refractivity contribution in [3.8, 4) is 17.2 Å². The Balaban J connectivity index is 2.01. The molecule has 1 amide bonds. The van der Waals surface area contributed by atoms with Crippen LogP contribution < -0.4 is 14.2 Å². The number of amides is 1. The summed E-state index contributed by atoms with van der Waals surface area (Å²) in [5, 5.41) is 0. The van der Waals surface area contributed by atoms with E-state index in [-0.39, 0.29) is 5.91 Å². The molecule has 27 heavy (non-hydrogen) atoms. The summed E-state index contributed by atoms with van der Waals surface area (Å²) in [5.41, 5.74) is 2.16. The van der Waals surface area contributed by atoms with Crippen LogP contribution in [0.1, 0.15) is 11.7 Å². The molecular formula is C20H25NO6. The summed E-state index contributed by atoms with van der Waals surface area (Å²) in [6, 6.07) is 3.62. The van der Waals surface area contributed by atoms with Crippen molar-refractivity contribution < 1.29 is 28.5 Å². The van der Waals surface area contributed by atoms with E-state index in [2.05, 4.69) is 6.58 Å². The highest BCUT2D eigenvalue weighted by atomic mass is 16.5. The lowest BCUT2D eigenvalue weighted by Crippen LogP contribution is -2.42. The van der Waals surface area contributed by atoms with Gasteiger partial charge in [-0.25, -0.2) is 0 Å². The molecule has 0 saturated carbocycles. The number of hydrogen-bond acceptors (Lipinski definition) is 6. The molecule has 2 heterocycles. The first-order valence-electron chi connectivity index (χ1n) is 8.78. The van der Waals surface area contributed by atoms with E-state index in [4.69, 9.17) is 23.7 Å². The SMILES string of the molecule is C=CC1=C(C(=O)N2CCOCC2)C(c2cc(OC)c(OC)c(OC)c2)OC1. The van der Waals surface area contributed by atoms with Gasteiger partial charge in [0.2, 0.25) is 5.75 Å².